The molecule has 99 heavy (non-hydrogen) atoms. The number of carbonyl (C=O) groups is 7. The number of halogens is 4. The highest BCUT2D eigenvalue weighted by Crippen LogP contribution is 2.41. The van der Waals surface area contributed by atoms with Gasteiger partial charge in [0.1, 0.15) is 40.0 Å². The molecule has 0 spiro atoms. The van der Waals surface area contributed by atoms with Gasteiger partial charge in [-0.1, -0.05) is 35.3 Å². The molecule has 5 aliphatic rings. The average molecular weight is 1410 g/mol. The summed E-state index contributed by atoms with van der Waals surface area (Å²) in [5, 5.41) is 28.5. The fourth-order valence-electron chi connectivity index (χ4n) is 12.8. The Hall–Kier alpha value is -9.76. The molecule has 12 rings (SSSR count). The molecular formula is C71H72Cl2F2N14O9S. The number of piperazine rings is 2. The number of allylic oxidation sites excluding steroid dienone is 2. The van der Waals surface area contributed by atoms with Crippen LogP contribution >= 0.6 is 34.5 Å². The third-order valence-electron chi connectivity index (χ3n) is 18.6. The molecule has 4 fully saturated rings. The smallest absolute Gasteiger partial charge is 0.272 e. The van der Waals surface area contributed by atoms with Crippen molar-refractivity contribution in [1.29, 1.82) is 0 Å². The number of benzene rings is 4. The largest absolute Gasteiger partial charge is 0.496 e. The van der Waals surface area contributed by atoms with E-state index >= 15 is 4.39 Å². The number of nitrogen functional groups attached to an aromatic ring is 1. The van der Waals surface area contributed by atoms with Gasteiger partial charge in [0.2, 0.25) is 23.6 Å². The summed E-state index contributed by atoms with van der Waals surface area (Å²) in [5.41, 5.74) is 9.41. The van der Waals surface area contributed by atoms with E-state index < -0.39 is 41.1 Å². The molecule has 7 aromatic rings. The molecular weight excluding hydrogens is 1330 g/mol. The highest BCUT2D eigenvalue weighted by molar-refractivity contribution is 7.15. The molecule has 4 aromatic carbocycles. The summed E-state index contributed by atoms with van der Waals surface area (Å²) in [6, 6.07) is 22.3. The molecule has 0 bridgehead atoms. The lowest BCUT2D eigenvalue weighted by Gasteiger charge is -2.37. The SMILES string of the molecule is COc1ccc(C(=O)/C=C/C(=O)N[C@H]2C[C@H](NC(=O)CN3CCN(c4ccc(C(=O)N[C@H]5CC[C@H](Oc6ccc(N)c(Cl)c6)CC5)nn4)CC3)C2)c(F)c1Cc1nnc2n1-c1sc(C)c(C)c1C(c1ccc(Cl)cc1)=N[C@H]2CC(=O)N1CCN(C(=O)/C=C/C(=O)c2ccc(F)cc2)CC1. The molecule has 28 heteroatoms. The number of aromatic nitrogens is 5. The number of carbonyl (C=O) groups excluding carboxylic acids is 7. The zero-order chi connectivity index (χ0) is 69.6. The van der Waals surface area contributed by atoms with Crippen LogP contribution in [0, 0.1) is 25.5 Å². The van der Waals surface area contributed by atoms with E-state index in [9.17, 15) is 38.0 Å². The quantitative estimate of drug-likeness (QED) is 0.0299. The molecule has 5 amide bonds. The van der Waals surface area contributed by atoms with Gasteiger partial charge in [0, 0.05) is 127 Å². The van der Waals surface area contributed by atoms with Crippen LogP contribution in [0.25, 0.3) is 5.00 Å². The molecule has 2 aliphatic carbocycles. The molecule has 6 heterocycles. The lowest BCUT2D eigenvalue weighted by atomic mass is 9.86. The van der Waals surface area contributed by atoms with Gasteiger partial charge >= 0.3 is 0 Å². The number of amides is 5. The molecule has 514 valence electrons. The maximum Gasteiger partial charge on any atom is 0.272 e. The maximum atomic E-state index is 17.1. The van der Waals surface area contributed by atoms with Crippen LogP contribution in [0.4, 0.5) is 20.3 Å². The predicted molar refractivity (Wildman–Crippen MR) is 369 cm³/mol. The van der Waals surface area contributed by atoms with Gasteiger partial charge < -0.3 is 45.9 Å². The number of aryl methyl sites for hydroxylation is 1. The molecule has 0 unspecified atom stereocenters. The number of methoxy groups -OCH3 is 1. The number of thiophene rings is 1. The van der Waals surface area contributed by atoms with Gasteiger partial charge in [-0.05, 0) is 143 Å². The van der Waals surface area contributed by atoms with Crippen LogP contribution in [0.15, 0.2) is 120 Å². The molecule has 23 nitrogen and oxygen atoms in total. The molecule has 5 N–H and O–H groups in total. The monoisotopic (exact) mass is 1400 g/mol. The summed E-state index contributed by atoms with van der Waals surface area (Å²) in [7, 11) is 1.38. The van der Waals surface area contributed by atoms with E-state index in [-0.39, 0.29) is 121 Å². The Bertz CT molecular complexity index is 4330. The number of ketones is 2. The number of aliphatic imine (C=N–C) groups is 1. The first-order chi connectivity index (χ1) is 47.7. The van der Waals surface area contributed by atoms with Crippen molar-refractivity contribution in [3.8, 4) is 16.5 Å². The minimum absolute atomic E-state index is 0.00853. The summed E-state index contributed by atoms with van der Waals surface area (Å²) in [4.78, 5) is 107. The Morgan fingerprint density at radius 1 is 0.717 bits per heavy atom. The van der Waals surface area contributed by atoms with E-state index in [1.165, 1.54) is 65.8 Å². The van der Waals surface area contributed by atoms with Gasteiger partial charge in [-0.25, -0.2) is 8.78 Å². The van der Waals surface area contributed by atoms with Gasteiger partial charge in [-0.2, -0.15) is 0 Å². The van der Waals surface area contributed by atoms with Crippen LogP contribution in [0.1, 0.15) is 121 Å². The number of nitrogens with two attached hydrogens (primary N) is 1. The van der Waals surface area contributed by atoms with E-state index in [4.69, 9.17) is 43.4 Å². The standard InChI is InChI=1S/C71H72Cl2F2N14O9S/c1-40-41(2)99-71-66(40)68(43-4-8-44(72)9-5-43)80-56(38-65(95)88-32-30-87(31-33-88)64(94)25-21-57(90)42-6-10-45(74)11-7-42)69-84-83-61(89(69)71)37-52-59(97-3)22-17-51(67(52)75)58(91)20-24-62(92)77-47-34-48(35-47)78-63(93)39-85-26-28-86(29-27-85)60-23-19-55(81-82-60)70(96)79-46-12-14-49(15-13-46)98-50-16-18-54(76)53(73)36-50/h4-11,16-25,36,46-49,56H,12-15,26-35,37-39,76H2,1-3H3,(H,77,92)(H,78,93)(H,79,96)/b24-20+,25-21+/t46-,47-,48-,49-,56-/m0/s1. The second kappa shape index (κ2) is 30.6. The molecule has 0 radical (unpaired) electrons. The Morgan fingerprint density at radius 3 is 2.12 bits per heavy atom. The predicted octanol–water partition coefficient (Wildman–Crippen LogP) is 8.34. The zero-order valence-corrected chi connectivity index (χ0v) is 56.8. The van der Waals surface area contributed by atoms with Gasteiger partial charge in [-0.3, -0.25) is 48.0 Å². The summed E-state index contributed by atoms with van der Waals surface area (Å²) in [6.45, 7) is 7.31. The van der Waals surface area contributed by atoms with Crippen LogP contribution in [0.2, 0.25) is 10.0 Å². The van der Waals surface area contributed by atoms with E-state index in [0.717, 1.165) is 65.5 Å². The Morgan fingerprint density at radius 2 is 1.42 bits per heavy atom. The Kier molecular flexibility index (Phi) is 21.3. The highest BCUT2D eigenvalue weighted by Gasteiger charge is 2.37. The fourth-order valence-corrected chi connectivity index (χ4v) is 14.3. The number of rotatable bonds is 21. The van der Waals surface area contributed by atoms with E-state index in [2.05, 4.69) is 41.2 Å². The van der Waals surface area contributed by atoms with Crippen molar-refractivity contribution in [2.24, 2.45) is 4.99 Å². The average Bonchev–Trinajstić information content (AvgIpc) is 1.59. The summed E-state index contributed by atoms with van der Waals surface area (Å²) in [6.07, 6.45) is 8.01. The van der Waals surface area contributed by atoms with Crippen molar-refractivity contribution < 1.29 is 51.8 Å². The minimum Gasteiger partial charge on any atom is -0.496 e. The van der Waals surface area contributed by atoms with Crippen molar-refractivity contribution >= 4 is 92.9 Å². The van der Waals surface area contributed by atoms with Crippen LogP contribution in [0.5, 0.6) is 11.5 Å². The second-order valence-electron chi connectivity index (χ2n) is 25.1. The Balaban J connectivity index is 0.624. The molecule has 2 saturated carbocycles. The van der Waals surface area contributed by atoms with Crippen LogP contribution < -0.4 is 36.1 Å². The van der Waals surface area contributed by atoms with Gasteiger partial charge in [0.05, 0.1) is 48.2 Å². The van der Waals surface area contributed by atoms with Crippen molar-refractivity contribution in [2.45, 2.75) is 95.5 Å². The number of hydrogen-bond donors (Lipinski definition) is 4. The van der Waals surface area contributed by atoms with Crippen molar-refractivity contribution in [3.63, 3.8) is 0 Å². The Labute approximate surface area is 583 Å². The summed E-state index contributed by atoms with van der Waals surface area (Å²) < 4.78 is 44.1. The molecule has 1 atom stereocenters. The van der Waals surface area contributed by atoms with E-state index in [1.54, 1.807) is 51.9 Å². The number of fused-ring (bicyclic) bond motifs is 3. The topological polar surface area (TPSA) is 282 Å². The summed E-state index contributed by atoms with van der Waals surface area (Å²) in [5.74, 6) is -2.29. The van der Waals surface area contributed by atoms with Crippen LogP contribution in [-0.2, 0) is 25.6 Å². The first-order valence-corrected chi connectivity index (χ1v) is 34.2. The second-order valence-corrected chi connectivity index (χ2v) is 27.1. The fraction of sp³-hybridized carbons (Fsp3) is 0.352. The number of ether oxygens (including phenoxy) is 2. The lowest BCUT2D eigenvalue weighted by Crippen LogP contribution is -2.56. The van der Waals surface area contributed by atoms with Crippen molar-refractivity contribution in [3.05, 3.63) is 193 Å². The van der Waals surface area contributed by atoms with Crippen molar-refractivity contribution in [1.82, 2.24) is 55.6 Å². The number of nitrogens with zero attached hydrogens (tertiary/aromatic N) is 10. The third-order valence-corrected chi connectivity index (χ3v) is 20.3. The number of anilines is 2. The highest BCUT2D eigenvalue weighted by atomic mass is 35.5. The summed E-state index contributed by atoms with van der Waals surface area (Å²) >= 11 is 14.0. The molecule has 3 aromatic heterocycles. The molecule has 2 saturated heterocycles. The van der Waals surface area contributed by atoms with Crippen LogP contribution in [-0.4, -0.2) is 177 Å². The van der Waals surface area contributed by atoms with Gasteiger partial charge in [0.25, 0.3) is 5.91 Å². The van der Waals surface area contributed by atoms with E-state index in [0.29, 0.717) is 82.9 Å². The first kappa shape index (κ1) is 69.2. The van der Waals surface area contributed by atoms with E-state index in [1.807, 2.05) is 30.9 Å². The van der Waals surface area contributed by atoms with Crippen LogP contribution in [0.3, 0.4) is 0 Å². The number of nitrogens with one attached hydrogen (secondary N) is 3. The third kappa shape index (κ3) is 16.2. The maximum absolute atomic E-state index is 17.1. The van der Waals surface area contributed by atoms with Gasteiger partial charge in [-0.15, -0.1) is 31.7 Å². The zero-order valence-electron chi connectivity index (χ0n) is 54.5. The van der Waals surface area contributed by atoms with Crippen molar-refractivity contribution in [2.75, 3.05) is 76.6 Å². The number of hydrogen-bond acceptors (Lipinski definition) is 18. The van der Waals surface area contributed by atoms with Gasteiger partial charge in [0.15, 0.2) is 28.9 Å². The molecule has 3 aliphatic heterocycles. The first-order valence-electron chi connectivity index (χ1n) is 32.7. The lowest BCUT2D eigenvalue weighted by molar-refractivity contribution is -0.137. The minimum atomic E-state index is -0.921. The normalized spacial score (nSPS) is 19.3.